The Balaban J connectivity index is 2.42. The highest BCUT2D eigenvalue weighted by Gasteiger charge is 2.18. The molecule has 2 aromatic rings. The molecule has 0 aliphatic carbocycles. The van der Waals surface area contributed by atoms with Gasteiger partial charge in [-0.15, -0.1) is 11.3 Å². The van der Waals surface area contributed by atoms with E-state index in [-0.39, 0.29) is 0 Å². The van der Waals surface area contributed by atoms with E-state index in [0.29, 0.717) is 22.9 Å². The van der Waals surface area contributed by atoms with Gasteiger partial charge in [-0.05, 0) is 31.4 Å². The van der Waals surface area contributed by atoms with E-state index in [1.165, 1.54) is 11.3 Å². The van der Waals surface area contributed by atoms with Crippen LogP contribution in [0.5, 0.6) is 0 Å². The predicted molar refractivity (Wildman–Crippen MR) is 75.6 cm³/mol. The van der Waals surface area contributed by atoms with Crippen molar-refractivity contribution in [3.8, 4) is 10.6 Å². The predicted octanol–water partition coefficient (Wildman–Crippen LogP) is 3.41. The lowest BCUT2D eigenvalue weighted by atomic mass is 10.1. The van der Waals surface area contributed by atoms with Crippen LogP contribution in [0.4, 0.5) is 0 Å². The minimum Gasteiger partial charge on any atom is -0.477 e. The highest BCUT2D eigenvalue weighted by atomic mass is 32.1. The molecule has 0 bridgehead atoms. The van der Waals surface area contributed by atoms with Crippen molar-refractivity contribution < 1.29 is 9.90 Å². The van der Waals surface area contributed by atoms with Crippen molar-refractivity contribution in [2.75, 3.05) is 0 Å². The first-order valence-corrected chi connectivity index (χ1v) is 6.95. The van der Waals surface area contributed by atoms with Crippen molar-refractivity contribution >= 4 is 17.3 Å². The number of aromatic carboxylic acids is 1. The summed E-state index contributed by atoms with van der Waals surface area (Å²) in [6.07, 6.45) is 2.41. The van der Waals surface area contributed by atoms with E-state index in [4.69, 9.17) is 0 Å². The highest BCUT2D eigenvalue weighted by Crippen LogP contribution is 2.29. The molecule has 0 radical (unpaired) electrons. The third-order valence-corrected chi connectivity index (χ3v) is 3.79. The van der Waals surface area contributed by atoms with Crippen LogP contribution in [0.1, 0.15) is 34.9 Å². The van der Waals surface area contributed by atoms with Crippen molar-refractivity contribution in [3.63, 3.8) is 0 Å². The summed E-state index contributed by atoms with van der Waals surface area (Å²) >= 11 is 1.22. The molecule has 1 N–H and O–H groups in total. The first kappa shape index (κ1) is 13.7. The molecule has 0 unspecified atom stereocenters. The molecule has 0 aliphatic rings. The van der Waals surface area contributed by atoms with Gasteiger partial charge in [-0.3, -0.25) is 4.98 Å². The van der Waals surface area contributed by atoms with Crippen molar-refractivity contribution in [2.45, 2.75) is 27.2 Å². The topological polar surface area (TPSA) is 63.1 Å². The van der Waals surface area contributed by atoms with Crippen LogP contribution in [0.2, 0.25) is 0 Å². The summed E-state index contributed by atoms with van der Waals surface area (Å²) in [4.78, 5) is 20.3. The second kappa shape index (κ2) is 5.48. The molecule has 0 spiro atoms. The van der Waals surface area contributed by atoms with Crippen LogP contribution in [0.3, 0.4) is 0 Å². The molecule has 0 aromatic carbocycles. The smallest absolute Gasteiger partial charge is 0.347 e. The molecule has 2 aromatic heterocycles. The standard InChI is InChI=1S/C14H16N2O2S/c1-8(2)6-11-12(14(17)18)19-13(16-11)10-5-4-9(3)15-7-10/h4-5,7-8H,6H2,1-3H3,(H,17,18). The molecule has 0 saturated carbocycles. The molecule has 2 rings (SSSR count). The number of hydrogen-bond acceptors (Lipinski definition) is 4. The number of pyridine rings is 1. The lowest BCUT2D eigenvalue weighted by molar-refractivity contribution is 0.0700. The summed E-state index contributed by atoms with van der Waals surface area (Å²) in [5.41, 5.74) is 2.47. The summed E-state index contributed by atoms with van der Waals surface area (Å²) in [6, 6.07) is 3.82. The zero-order chi connectivity index (χ0) is 14.0. The Morgan fingerprint density at radius 3 is 2.68 bits per heavy atom. The quantitative estimate of drug-likeness (QED) is 0.929. The monoisotopic (exact) mass is 276 g/mol. The molecule has 5 heteroatoms. The molecule has 2 heterocycles. The van der Waals surface area contributed by atoms with E-state index >= 15 is 0 Å². The number of nitrogens with zero attached hydrogens (tertiary/aromatic N) is 2. The van der Waals surface area contributed by atoms with Gasteiger partial charge in [-0.2, -0.15) is 0 Å². The van der Waals surface area contributed by atoms with Crippen molar-refractivity contribution in [2.24, 2.45) is 5.92 Å². The first-order chi connectivity index (χ1) is 8.97. The minimum atomic E-state index is -0.903. The van der Waals surface area contributed by atoms with Gasteiger partial charge >= 0.3 is 5.97 Å². The fourth-order valence-electron chi connectivity index (χ4n) is 1.76. The number of aromatic nitrogens is 2. The number of carbonyl (C=O) groups is 1. The number of carboxylic acid groups (broad SMARTS) is 1. The van der Waals surface area contributed by atoms with Gasteiger partial charge < -0.3 is 5.11 Å². The molecule has 19 heavy (non-hydrogen) atoms. The van der Waals surface area contributed by atoms with Gasteiger partial charge in [0.15, 0.2) is 0 Å². The normalized spacial score (nSPS) is 10.9. The van der Waals surface area contributed by atoms with Crippen LogP contribution in [-0.2, 0) is 6.42 Å². The van der Waals surface area contributed by atoms with E-state index < -0.39 is 5.97 Å². The largest absolute Gasteiger partial charge is 0.477 e. The van der Waals surface area contributed by atoms with Gasteiger partial charge in [-0.1, -0.05) is 13.8 Å². The van der Waals surface area contributed by atoms with E-state index in [2.05, 4.69) is 23.8 Å². The molecule has 100 valence electrons. The second-order valence-electron chi connectivity index (χ2n) is 4.89. The molecule has 0 saturated heterocycles. The van der Waals surface area contributed by atoms with Gasteiger partial charge in [0.1, 0.15) is 9.88 Å². The molecule has 0 fully saturated rings. The average Bonchev–Trinajstić information content (AvgIpc) is 2.73. The zero-order valence-corrected chi connectivity index (χ0v) is 12.0. The summed E-state index contributed by atoms with van der Waals surface area (Å²) < 4.78 is 0. The first-order valence-electron chi connectivity index (χ1n) is 6.13. The molecule has 0 atom stereocenters. The van der Waals surface area contributed by atoms with Gasteiger partial charge in [0.05, 0.1) is 5.69 Å². The average molecular weight is 276 g/mol. The van der Waals surface area contributed by atoms with Gasteiger partial charge in [-0.25, -0.2) is 9.78 Å². The Morgan fingerprint density at radius 2 is 2.16 bits per heavy atom. The van der Waals surface area contributed by atoms with Crippen LogP contribution < -0.4 is 0 Å². The Morgan fingerprint density at radius 1 is 1.42 bits per heavy atom. The van der Waals surface area contributed by atoms with E-state index in [1.54, 1.807) is 6.20 Å². The number of rotatable bonds is 4. The number of thiazole rings is 1. The minimum absolute atomic E-state index is 0.337. The number of carboxylic acids is 1. The fourth-order valence-corrected chi connectivity index (χ4v) is 2.68. The highest BCUT2D eigenvalue weighted by molar-refractivity contribution is 7.17. The molecule has 4 nitrogen and oxygen atoms in total. The van der Waals surface area contributed by atoms with Gasteiger partial charge in [0.25, 0.3) is 0 Å². The summed E-state index contributed by atoms with van der Waals surface area (Å²) in [5.74, 6) is -0.524. The maximum atomic E-state index is 11.3. The summed E-state index contributed by atoms with van der Waals surface area (Å²) in [6.45, 7) is 6.02. The Hall–Kier alpha value is -1.75. The van der Waals surface area contributed by atoms with Crippen molar-refractivity contribution in [1.29, 1.82) is 0 Å². The fraction of sp³-hybridized carbons (Fsp3) is 0.357. The van der Waals surface area contributed by atoms with E-state index in [9.17, 15) is 9.90 Å². The SMILES string of the molecule is Cc1ccc(-c2nc(CC(C)C)c(C(=O)O)s2)cn1. The van der Waals surface area contributed by atoms with Crippen LogP contribution in [0.15, 0.2) is 18.3 Å². The number of aryl methyl sites for hydroxylation is 1. The zero-order valence-electron chi connectivity index (χ0n) is 11.2. The van der Waals surface area contributed by atoms with E-state index in [1.807, 2.05) is 19.1 Å². The van der Waals surface area contributed by atoms with Crippen LogP contribution >= 0.6 is 11.3 Å². The maximum Gasteiger partial charge on any atom is 0.347 e. The van der Waals surface area contributed by atoms with Crippen LogP contribution in [0.25, 0.3) is 10.6 Å². The summed E-state index contributed by atoms with van der Waals surface area (Å²) in [5, 5.41) is 9.96. The lowest BCUT2D eigenvalue weighted by Crippen LogP contribution is -2.02. The van der Waals surface area contributed by atoms with Crippen LogP contribution in [-0.4, -0.2) is 21.0 Å². The van der Waals surface area contributed by atoms with Crippen molar-refractivity contribution in [3.05, 3.63) is 34.6 Å². The third-order valence-electron chi connectivity index (χ3n) is 2.65. The second-order valence-corrected chi connectivity index (χ2v) is 5.89. The van der Waals surface area contributed by atoms with Gasteiger partial charge in [0, 0.05) is 17.5 Å². The van der Waals surface area contributed by atoms with E-state index in [0.717, 1.165) is 16.3 Å². The summed E-state index contributed by atoms with van der Waals surface area (Å²) in [7, 11) is 0. The van der Waals surface area contributed by atoms with Gasteiger partial charge in [0.2, 0.25) is 0 Å². The molecular formula is C14H16N2O2S. The molecule has 0 amide bonds. The third kappa shape index (κ3) is 3.17. The lowest BCUT2D eigenvalue weighted by Gasteiger charge is -2.01. The Kier molecular flexibility index (Phi) is 3.95. The van der Waals surface area contributed by atoms with Crippen LogP contribution in [0, 0.1) is 12.8 Å². The number of hydrogen-bond donors (Lipinski definition) is 1. The maximum absolute atomic E-state index is 11.3. The van der Waals surface area contributed by atoms with Crippen molar-refractivity contribution in [1.82, 2.24) is 9.97 Å². The molecular weight excluding hydrogens is 260 g/mol. The Bertz CT molecular complexity index is 588. The molecule has 0 aliphatic heterocycles. The Labute approximate surface area is 116 Å².